The number of rotatable bonds is 3. The van der Waals surface area contributed by atoms with Crippen molar-refractivity contribution in [1.29, 1.82) is 0 Å². The molecule has 1 heterocycles. The normalized spacial score (nSPS) is 20.0. The van der Waals surface area contributed by atoms with Crippen molar-refractivity contribution in [2.45, 2.75) is 31.2 Å². The van der Waals surface area contributed by atoms with Gasteiger partial charge in [0.15, 0.2) is 0 Å². The summed E-state index contributed by atoms with van der Waals surface area (Å²) in [4.78, 5) is 11.7. The number of sulfonamides is 1. The number of cyclic esters (lactones) is 1. The van der Waals surface area contributed by atoms with Crippen molar-refractivity contribution in [2.24, 2.45) is 0 Å². The molecule has 0 N–H and O–H groups in total. The largest absolute Gasteiger partial charge is 0.446 e. The summed E-state index contributed by atoms with van der Waals surface area (Å²) >= 11 is 0. The fraction of sp³-hybridized carbons (Fsp3) is 0.417. The lowest BCUT2D eigenvalue weighted by molar-refractivity contribution is 0.170. The van der Waals surface area contributed by atoms with Gasteiger partial charge in [0.2, 0.25) is 0 Å². The summed E-state index contributed by atoms with van der Waals surface area (Å²) < 4.78 is 30.4. The highest BCUT2D eigenvalue weighted by Crippen LogP contribution is 2.25. The van der Waals surface area contributed by atoms with Crippen LogP contribution < -0.4 is 0 Å². The summed E-state index contributed by atoms with van der Waals surface area (Å²) in [6.07, 6.45) is -0.251. The lowest BCUT2D eigenvalue weighted by Crippen LogP contribution is -2.38. The van der Waals surface area contributed by atoms with Crippen molar-refractivity contribution in [1.82, 2.24) is 4.31 Å². The lowest BCUT2D eigenvalue weighted by atomic mass is 10.2. The highest BCUT2D eigenvalue weighted by molar-refractivity contribution is 7.89. The van der Waals surface area contributed by atoms with Gasteiger partial charge in [-0.1, -0.05) is 24.6 Å². The molecule has 1 aliphatic rings. The zero-order chi connectivity index (χ0) is 13.3. The zero-order valence-corrected chi connectivity index (χ0v) is 11.1. The molecular formula is C12H15NO4S. The Balaban J connectivity index is 2.41. The Morgan fingerprint density at radius 1 is 1.33 bits per heavy atom. The molecule has 1 aliphatic heterocycles. The molecule has 18 heavy (non-hydrogen) atoms. The van der Waals surface area contributed by atoms with Crippen LogP contribution in [0.2, 0.25) is 0 Å². The van der Waals surface area contributed by atoms with E-state index in [0.29, 0.717) is 6.42 Å². The molecule has 98 valence electrons. The van der Waals surface area contributed by atoms with Gasteiger partial charge in [0.05, 0.1) is 10.9 Å². The summed E-state index contributed by atoms with van der Waals surface area (Å²) in [7, 11) is -3.81. The first-order valence-corrected chi connectivity index (χ1v) is 7.18. The number of aryl methyl sites for hydroxylation is 1. The molecule has 0 bridgehead atoms. The van der Waals surface area contributed by atoms with Crippen LogP contribution in [0.25, 0.3) is 0 Å². The third kappa shape index (κ3) is 2.08. The van der Waals surface area contributed by atoms with Crippen molar-refractivity contribution in [3.05, 3.63) is 29.8 Å². The third-order valence-corrected chi connectivity index (χ3v) is 4.79. The lowest BCUT2D eigenvalue weighted by Gasteiger charge is -2.19. The predicted octanol–water partition coefficient (Wildman–Crippen LogP) is 1.91. The summed E-state index contributed by atoms with van der Waals surface area (Å²) in [5.74, 6) is 0. The predicted molar refractivity (Wildman–Crippen MR) is 65.6 cm³/mol. The molecule has 1 atom stereocenters. The van der Waals surface area contributed by atoms with Crippen molar-refractivity contribution in [3.63, 3.8) is 0 Å². The maximum absolute atomic E-state index is 12.4. The first kappa shape index (κ1) is 12.9. The van der Waals surface area contributed by atoms with Gasteiger partial charge in [-0.25, -0.2) is 13.2 Å². The minimum absolute atomic E-state index is 0.116. The Kier molecular flexibility index (Phi) is 3.30. The minimum atomic E-state index is -3.81. The minimum Gasteiger partial charge on any atom is -0.446 e. The quantitative estimate of drug-likeness (QED) is 0.841. The van der Waals surface area contributed by atoms with Crippen molar-refractivity contribution >= 4 is 16.1 Å². The molecule has 1 unspecified atom stereocenters. The van der Waals surface area contributed by atoms with Crippen molar-refractivity contribution < 1.29 is 17.9 Å². The van der Waals surface area contributed by atoms with Gasteiger partial charge in [-0.3, -0.25) is 0 Å². The number of nitrogens with zero attached hydrogens (tertiary/aromatic N) is 1. The highest BCUT2D eigenvalue weighted by atomic mass is 32.2. The Labute approximate surface area is 106 Å². The van der Waals surface area contributed by atoms with E-state index in [1.807, 2.05) is 13.8 Å². The van der Waals surface area contributed by atoms with Crippen LogP contribution >= 0.6 is 0 Å². The second-order valence-corrected chi connectivity index (χ2v) is 6.07. The fourth-order valence-electron chi connectivity index (χ4n) is 1.85. The first-order chi connectivity index (χ1) is 8.46. The summed E-state index contributed by atoms with van der Waals surface area (Å²) in [5, 5.41) is 0. The van der Waals surface area contributed by atoms with Gasteiger partial charge < -0.3 is 4.74 Å². The molecule has 0 saturated carbocycles. The maximum Gasteiger partial charge on any atom is 0.424 e. The van der Waals surface area contributed by atoms with Gasteiger partial charge in [0.25, 0.3) is 10.0 Å². The van der Waals surface area contributed by atoms with E-state index in [9.17, 15) is 13.2 Å². The van der Waals surface area contributed by atoms with E-state index in [1.54, 1.807) is 12.1 Å². The molecule has 5 nitrogen and oxygen atoms in total. The van der Waals surface area contributed by atoms with Gasteiger partial charge in [-0.05, 0) is 25.5 Å². The monoisotopic (exact) mass is 269 g/mol. The van der Waals surface area contributed by atoms with E-state index >= 15 is 0 Å². The fourth-order valence-corrected chi connectivity index (χ4v) is 3.41. The second kappa shape index (κ2) is 4.61. The molecule has 6 heteroatoms. The number of amides is 1. The summed E-state index contributed by atoms with van der Waals surface area (Å²) in [5.41, 5.74) is 0.963. The van der Waals surface area contributed by atoms with Crippen molar-refractivity contribution in [2.75, 3.05) is 6.61 Å². The Morgan fingerprint density at radius 2 is 1.94 bits per heavy atom. The first-order valence-electron chi connectivity index (χ1n) is 5.74. The van der Waals surface area contributed by atoms with Gasteiger partial charge in [0.1, 0.15) is 6.61 Å². The molecule has 2 rings (SSSR count). The van der Waals surface area contributed by atoms with E-state index in [0.717, 1.165) is 9.87 Å². The van der Waals surface area contributed by atoms with Crippen LogP contribution in [0, 0.1) is 6.92 Å². The number of carbonyl (C=O) groups is 1. The molecule has 1 amide bonds. The van der Waals surface area contributed by atoms with Gasteiger partial charge in [0, 0.05) is 0 Å². The van der Waals surface area contributed by atoms with Crippen LogP contribution in [0.3, 0.4) is 0 Å². The van der Waals surface area contributed by atoms with Crippen LogP contribution in [-0.2, 0) is 14.8 Å². The molecule has 1 aromatic rings. The van der Waals surface area contributed by atoms with E-state index in [-0.39, 0.29) is 11.5 Å². The number of hydrogen-bond acceptors (Lipinski definition) is 4. The van der Waals surface area contributed by atoms with E-state index in [2.05, 4.69) is 0 Å². The van der Waals surface area contributed by atoms with E-state index < -0.39 is 22.2 Å². The third-order valence-electron chi connectivity index (χ3n) is 2.96. The molecule has 1 aromatic carbocycles. The maximum atomic E-state index is 12.4. The second-order valence-electron chi connectivity index (χ2n) is 4.25. The van der Waals surface area contributed by atoms with Crippen molar-refractivity contribution in [3.8, 4) is 0 Å². The van der Waals surface area contributed by atoms with Crippen LogP contribution in [0.4, 0.5) is 4.79 Å². The molecule has 0 aliphatic carbocycles. The Hall–Kier alpha value is -1.56. The molecule has 1 fully saturated rings. The average Bonchev–Trinajstić information content (AvgIpc) is 2.71. The van der Waals surface area contributed by atoms with Crippen LogP contribution in [-0.4, -0.2) is 31.5 Å². The molecule has 1 saturated heterocycles. The Bertz CT molecular complexity index is 550. The number of ether oxygens (including phenoxy) is 1. The summed E-state index contributed by atoms with van der Waals surface area (Å²) in [6, 6.07) is 6.00. The van der Waals surface area contributed by atoms with Gasteiger partial charge >= 0.3 is 6.09 Å². The summed E-state index contributed by atoms with van der Waals surface area (Å²) in [6.45, 7) is 3.82. The molecule has 0 radical (unpaired) electrons. The van der Waals surface area contributed by atoms with E-state index in [1.165, 1.54) is 12.1 Å². The molecule has 0 aromatic heterocycles. The smallest absolute Gasteiger partial charge is 0.424 e. The topological polar surface area (TPSA) is 63.7 Å². The van der Waals surface area contributed by atoms with Gasteiger partial charge in [-0.2, -0.15) is 4.31 Å². The number of benzene rings is 1. The highest BCUT2D eigenvalue weighted by Gasteiger charge is 2.41. The average molecular weight is 269 g/mol. The van der Waals surface area contributed by atoms with Gasteiger partial charge in [-0.15, -0.1) is 0 Å². The van der Waals surface area contributed by atoms with Crippen LogP contribution in [0.5, 0.6) is 0 Å². The standard InChI is InChI=1S/C12H15NO4S/c1-3-10-8-17-12(14)13(10)18(15,16)11-6-4-9(2)5-7-11/h4-7,10H,3,8H2,1-2H3. The SMILES string of the molecule is CCC1COC(=O)N1S(=O)(=O)c1ccc(C)cc1. The number of hydrogen-bond donors (Lipinski definition) is 0. The molecular weight excluding hydrogens is 254 g/mol. The zero-order valence-electron chi connectivity index (χ0n) is 10.3. The van der Waals surface area contributed by atoms with Crippen LogP contribution in [0.15, 0.2) is 29.2 Å². The Morgan fingerprint density at radius 3 is 2.50 bits per heavy atom. The molecule has 0 spiro atoms. The van der Waals surface area contributed by atoms with E-state index in [4.69, 9.17) is 4.74 Å². The van der Waals surface area contributed by atoms with Crippen LogP contribution in [0.1, 0.15) is 18.9 Å². The number of carbonyl (C=O) groups excluding carboxylic acids is 1.